The first-order chi connectivity index (χ1) is 16.3. The summed E-state index contributed by atoms with van der Waals surface area (Å²) in [7, 11) is 0. The largest absolute Gasteiger partial charge is 0.457 e. The number of ether oxygens (including phenoxy) is 1. The predicted molar refractivity (Wildman–Crippen MR) is 133 cm³/mol. The molecule has 3 rings (SSSR count). The van der Waals surface area contributed by atoms with Crippen LogP contribution < -0.4 is 5.32 Å². The summed E-state index contributed by atoms with van der Waals surface area (Å²) in [5.41, 5.74) is 3.01. The predicted octanol–water partition coefficient (Wildman–Crippen LogP) is 5.68. The highest BCUT2D eigenvalue weighted by Crippen LogP contribution is 2.28. The van der Waals surface area contributed by atoms with E-state index < -0.39 is 0 Å². The molecule has 6 heteroatoms. The summed E-state index contributed by atoms with van der Waals surface area (Å²) in [6.07, 6.45) is 5.68. The van der Waals surface area contributed by atoms with Crippen molar-refractivity contribution < 1.29 is 23.2 Å². The van der Waals surface area contributed by atoms with Gasteiger partial charge in [0.05, 0.1) is 13.1 Å². The number of aryl methyl sites for hydroxylation is 2. The molecule has 0 radical (unpaired) electrons. The number of halogens is 1. The topological polar surface area (TPSA) is 55.4 Å². The van der Waals surface area contributed by atoms with Gasteiger partial charge in [0.2, 0.25) is 0 Å². The summed E-state index contributed by atoms with van der Waals surface area (Å²) in [5, 5.41) is 3.09. The minimum Gasteiger partial charge on any atom is -0.457 e. The molecular weight excluding hydrogens is 431 g/mol. The van der Waals surface area contributed by atoms with Crippen molar-refractivity contribution in [1.82, 2.24) is 0 Å². The molecule has 2 aromatic rings. The Morgan fingerprint density at radius 1 is 1.03 bits per heavy atom. The lowest BCUT2D eigenvalue weighted by Crippen LogP contribution is -2.62. The fraction of sp³-hybridized carbons (Fsp3) is 0.500. The fourth-order valence-electron chi connectivity index (χ4n) is 5.18. The second kappa shape index (κ2) is 12.1. The van der Waals surface area contributed by atoms with Gasteiger partial charge in [-0.15, -0.1) is 0 Å². The number of anilines is 1. The van der Waals surface area contributed by atoms with E-state index in [9.17, 15) is 14.0 Å². The van der Waals surface area contributed by atoms with Gasteiger partial charge in [-0.25, -0.2) is 9.18 Å². The van der Waals surface area contributed by atoms with Crippen molar-refractivity contribution in [3.63, 3.8) is 0 Å². The summed E-state index contributed by atoms with van der Waals surface area (Å²) in [4.78, 5) is 26.7. The monoisotopic (exact) mass is 469 g/mol. The molecule has 1 atom stereocenters. The van der Waals surface area contributed by atoms with Crippen molar-refractivity contribution in [3.8, 4) is 0 Å². The lowest BCUT2D eigenvalue weighted by molar-refractivity contribution is -0.935. The second-order valence-corrected chi connectivity index (χ2v) is 9.59. The molecule has 1 unspecified atom stereocenters. The lowest BCUT2D eigenvalue weighted by atomic mass is 10.0. The van der Waals surface area contributed by atoms with Gasteiger partial charge in [0.25, 0.3) is 5.91 Å². The number of benzene rings is 2. The summed E-state index contributed by atoms with van der Waals surface area (Å²) in [6.45, 7) is 7.65. The molecule has 1 amide bonds. The van der Waals surface area contributed by atoms with E-state index in [4.69, 9.17) is 4.74 Å². The number of nitrogens with zero attached hydrogens (tertiary/aromatic N) is 1. The SMILES string of the molecule is CCCC(C(=O)Nc1c(C)cc(F)cc1C)[N+]1(CC(=O)OCc2ccccc2)CCCCCC1. The third-order valence-corrected chi connectivity index (χ3v) is 6.92. The molecule has 0 spiro atoms. The third kappa shape index (κ3) is 6.66. The molecule has 1 aliphatic heterocycles. The summed E-state index contributed by atoms with van der Waals surface area (Å²) in [5.74, 6) is -0.679. The number of hydrogen-bond acceptors (Lipinski definition) is 3. The average molecular weight is 470 g/mol. The molecule has 1 saturated heterocycles. The maximum absolute atomic E-state index is 13.8. The number of likely N-dealkylation sites (tertiary alicyclic amines) is 1. The van der Waals surface area contributed by atoms with Crippen LogP contribution in [0.4, 0.5) is 10.1 Å². The Hall–Kier alpha value is -2.73. The van der Waals surface area contributed by atoms with Gasteiger partial charge in [-0.1, -0.05) is 37.3 Å². The fourth-order valence-corrected chi connectivity index (χ4v) is 5.18. The maximum atomic E-state index is 13.8. The van der Waals surface area contributed by atoms with Crippen LogP contribution in [0.2, 0.25) is 0 Å². The van der Waals surface area contributed by atoms with Crippen molar-refractivity contribution in [3.05, 3.63) is 65.0 Å². The van der Waals surface area contributed by atoms with Crippen LogP contribution in [-0.2, 0) is 20.9 Å². The van der Waals surface area contributed by atoms with Gasteiger partial charge in [-0.05, 0) is 74.8 Å². The molecule has 184 valence electrons. The molecule has 1 fully saturated rings. The number of rotatable bonds is 9. The van der Waals surface area contributed by atoms with Gasteiger partial charge in [-0.2, -0.15) is 0 Å². The highest BCUT2D eigenvalue weighted by Gasteiger charge is 2.43. The summed E-state index contributed by atoms with van der Waals surface area (Å²) in [6, 6.07) is 12.2. The van der Waals surface area contributed by atoms with E-state index in [0.29, 0.717) is 27.7 Å². The van der Waals surface area contributed by atoms with Crippen LogP contribution in [0, 0.1) is 19.7 Å². The smallest absolute Gasteiger partial charge is 0.362 e. The summed E-state index contributed by atoms with van der Waals surface area (Å²) >= 11 is 0. The molecule has 1 N–H and O–H groups in total. The van der Waals surface area contributed by atoms with Gasteiger partial charge in [-0.3, -0.25) is 4.79 Å². The Kier molecular flexibility index (Phi) is 9.22. The Morgan fingerprint density at radius 3 is 2.24 bits per heavy atom. The van der Waals surface area contributed by atoms with E-state index in [0.717, 1.165) is 50.8 Å². The van der Waals surface area contributed by atoms with E-state index in [1.165, 1.54) is 12.1 Å². The standard InChI is InChI=1S/C28H37FN2O3/c1-4-12-25(28(33)30-27-21(2)17-24(29)18-22(27)3)31(15-10-5-6-11-16-31)19-26(32)34-20-23-13-8-7-9-14-23/h7-9,13-14,17-18,25H,4-6,10-12,15-16,19-20H2,1-3H3/p+1. The van der Waals surface area contributed by atoms with E-state index in [2.05, 4.69) is 12.2 Å². The number of hydrogen-bond donors (Lipinski definition) is 1. The van der Waals surface area contributed by atoms with Crippen LogP contribution in [0.15, 0.2) is 42.5 Å². The van der Waals surface area contributed by atoms with Gasteiger partial charge in [0, 0.05) is 12.1 Å². The van der Waals surface area contributed by atoms with Crippen LogP contribution in [0.3, 0.4) is 0 Å². The molecule has 0 saturated carbocycles. The van der Waals surface area contributed by atoms with E-state index in [-0.39, 0.29) is 36.9 Å². The van der Waals surface area contributed by atoms with Gasteiger partial charge in [0.15, 0.2) is 12.6 Å². The summed E-state index contributed by atoms with van der Waals surface area (Å²) < 4.78 is 19.9. The molecule has 2 aromatic carbocycles. The van der Waals surface area contributed by atoms with Crippen LogP contribution >= 0.6 is 0 Å². The average Bonchev–Trinajstić information content (AvgIpc) is 3.05. The van der Waals surface area contributed by atoms with E-state index >= 15 is 0 Å². The Balaban J connectivity index is 1.83. The zero-order chi connectivity index (χ0) is 24.6. The number of amides is 1. The normalized spacial score (nSPS) is 16.4. The highest BCUT2D eigenvalue weighted by atomic mass is 19.1. The lowest BCUT2D eigenvalue weighted by Gasteiger charge is -2.42. The van der Waals surface area contributed by atoms with Crippen LogP contribution in [0.1, 0.15) is 62.1 Å². The third-order valence-electron chi connectivity index (χ3n) is 6.92. The highest BCUT2D eigenvalue weighted by molar-refractivity contribution is 5.95. The minimum absolute atomic E-state index is 0.0996. The number of quaternary nitrogens is 1. The molecule has 1 aliphatic rings. The van der Waals surface area contributed by atoms with Crippen molar-refractivity contribution in [1.29, 1.82) is 0 Å². The van der Waals surface area contributed by atoms with Crippen LogP contribution in [-0.4, -0.2) is 42.0 Å². The number of carbonyl (C=O) groups is 2. The number of carbonyl (C=O) groups excluding carboxylic acids is 2. The Morgan fingerprint density at radius 2 is 1.65 bits per heavy atom. The Labute approximate surface area is 202 Å². The quantitative estimate of drug-likeness (QED) is 0.379. The second-order valence-electron chi connectivity index (χ2n) is 9.59. The zero-order valence-electron chi connectivity index (χ0n) is 20.7. The molecule has 5 nitrogen and oxygen atoms in total. The molecule has 34 heavy (non-hydrogen) atoms. The van der Waals surface area contributed by atoms with Gasteiger partial charge < -0.3 is 14.5 Å². The Bertz CT molecular complexity index is 946. The molecule has 0 aromatic heterocycles. The number of nitrogens with one attached hydrogen (secondary N) is 1. The first-order valence-electron chi connectivity index (χ1n) is 12.5. The molecule has 1 heterocycles. The molecule has 0 bridgehead atoms. The minimum atomic E-state index is -0.365. The zero-order valence-corrected chi connectivity index (χ0v) is 20.7. The van der Waals surface area contributed by atoms with Gasteiger partial charge >= 0.3 is 5.97 Å². The van der Waals surface area contributed by atoms with Crippen LogP contribution in [0.5, 0.6) is 0 Å². The first kappa shape index (κ1) is 25.9. The maximum Gasteiger partial charge on any atom is 0.362 e. The van der Waals surface area contributed by atoms with E-state index in [1.807, 2.05) is 30.3 Å². The van der Waals surface area contributed by atoms with Crippen LogP contribution in [0.25, 0.3) is 0 Å². The van der Waals surface area contributed by atoms with Crippen molar-refractivity contribution >= 4 is 17.6 Å². The van der Waals surface area contributed by atoms with Crippen molar-refractivity contribution in [2.45, 2.75) is 71.9 Å². The van der Waals surface area contributed by atoms with Crippen molar-refractivity contribution in [2.75, 3.05) is 25.0 Å². The number of esters is 1. The van der Waals surface area contributed by atoms with E-state index in [1.54, 1.807) is 13.8 Å². The molecular formula is C28H38FN2O3+. The first-order valence-corrected chi connectivity index (χ1v) is 12.5. The molecule has 0 aliphatic carbocycles. The van der Waals surface area contributed by atoms with Gasteiger partial charge in [0.1, 0.15) is 12.4 Å². The van der Waals surface area contributed by atoms with Crippen molar-refractivity contribution in [2.24, 2.45) is 0 Å².